The van der Waals surface area contributed by atoms with Gasteiger partial charge in [0.1, 0.15) is 29.4 Å². The number of hydrogen-bond donors (Lipinski definition) is 2. The molecule has 0 radical (unpaired) electrons. The maximum atomic E-state index is 13.4. The Morgan fingerprint density at radius 1 is 0.951 bits per heavy atom. The molecule has 5 aromatic rings. The first-order valence-corrected chi connectivity index (χ1v) is 15.2. The topological polar surface area (TPSA) is 93.2 Å². The molecule has 2 heterocycles. The molecule has 0 amide bonds. The number of rotatable bonds is 8. The van der Waals surface area contributed by atoms with E-state index in [2.05, 4.69) is 31.8 Å². The van der Waals surface area contributed by atoms with Crippen LogP contribution in [0.5, 0.6) is 5.75 Å². The normalized spacial score (nSPS) is 11.2. The zero-order valence-corrected chi connectivity index (χ0v) is 24.7. The van der Waals surface area contributed by atoms with Crippen molar-refractivity contribution in [2.45, 2.75) is 11.5 Å². The summed E-state index contributed by atoms with van der Waals surface area (Å²) in [7, 11) is -3.95. The summed E-state index contributed by atoms with van der Waals surface area (Å²) in [6.07, 6.45) is 1.42. The molecule has 0 spiro atoms. The van der Waals surface area contributed by atoms with E-state index in [0.717, 1.165) is 4.70 Å². The van der Waals surface area contributed by atoms with Crippen molar-refractivity contribution < 1.29 is 17.5 Å². The molecule has 0 aliphatic carbocycles. The van der Waals surface area contributed by atoms with E-state index in [1.807, 2.05) is 0 Å². The van der Waals surface area contributed by atoms with E-state index < -0.39 is 10.0 Å². The number of benzene rings is 3. The molecule has 0 saturated carbocycles. The summed E-state index contributed by atoms with van der Waals surface area (Å²) in [5.74, 6) is 6.41. The van der Waals surface area contributed by atoms with Gasteiger partial charge >= 0.3 is 0 Å². The Kier molecular flexibility index (Phi) is 8.94. The van der Waals surface area contributed by atoms with Crippen molar-refractivity contribution in [3.05, 3.63) is 104 Å². The molecule has 0 aliphatic rings. The summed E-state index contributed by atoms with van der Waals surface area (Å²) in [5.41, 5.74) is 2.02. The van der Waals surface area contributed by atoms with Gasteiger partial charge < -0.3 is 10.1 Å². The van der Waals surface area contributed by atoms with Gasteiger partial charge in [-0.3, -0.25) is 0 Å². The molecule has 0 unspecified atom stereocenters. The fourth-order valence-corrected chi connectivity index (χ4v) is 6.93. The quantitative estimate of drug-likeness (QED) is 0.170. The Labute approximate surface area is 254 Å². The SMILES string of the molecule is O=S(=O)(NCC#Cc1cc2ncnc(Nc3ccc(OCc4cccc(F)c4)c(Cl)c3)c2s1)c1c(Cl)cccc1Cl. The molecule has 3 aromatic carbocycles. The third kappa shape index (κ3) is 7.08. The maximum Gasteiger partial charge on any atom is 0.244 e. The van der Waals surface area contributed by atoms with Crippen molar-refractivity contribution in [2.24, 2.45) is 0 Å². The van der Waals surface area contributed by atoms with Crippen molar-refractivity contribution >= 4 is 77.9 Å². The summed E-state index contributed by atoms with van der Waals surface area (Å²) >= 11 is 19.8. The number of fused-ring (bicyclic) bond motifs is 1. The minimum Gasteiger partial charge on any atom is -0.487 e. The van der Waals surface area contributed by atoms with E-state index in [4.69, 9.17) is 39.5 Å². The first-order chi connectivity index (χ1) is 19.7. The van der Waals surface area contributed by atoms with Gasteiger partial charge in [-0.1, -0.05) is 64.8 Å². The van der Waals surface area contributed by atoms with Crippen LogP contribution in [0.15, 0.2) is 78.0 Å². The van der Waals surface area contributed by atoms with Gasteiger partial charge in [0.05, 0.1) is 36.7 Å². The molecule has 7 nitrogen and oxygen atoms in total. The average molecular weight is 648 g/mol. The van der Waals surface area contributed by atoms with E-state index in [1.165, 1.54) is 41.9 Å². The predicted molar refractivity (Wildman–Crippen MR) is 161 cm³/mol. The largest absolute Gasteiger partial charge is 0.487 e. The number of hydrogen-bond acceptors (Lipinski definition) is 7. The van der Waals surface area contributed by atoms with Crippen LogP contribution in [0.25, 0.3) is 10.2 Å². The summed E-state index contributed by atoms with van der Waals surface area (Å²) < 4.78 is 47.5. The average Bonchev–Trinajstić information content (AvgIpc) is 3.35. The van der Waals surface area contributed by atoms with E-state index >= 15 is 0 Å². The van der Waals surface area contributed by atoms with E-state index in [1.54, 1.807) is 42.5 Å². The van der Waals surface area contributed by atoms with E-state index in [9.17, 15) is 12.8 Å². The number of ether oxygens (including phenoxy) is 1. The van der Waals surface area contributed by atoms with E-state index in [-0.39, 0.29) is 33.9 Å². The number of halogens is 4. The molecule has 208 valence electrons. The molecule has 0 bridgehead atoms. The molecule has 0 atom stereocenters. The van der Waals surface area contributed by atoms with Crippen LogP contribution in [0.1, 0.15) is 10.4 Å². The molecule has 2 N–H and O–H groups in total. The van der Waals surface area contributed by atoms with Crippen LogP contribution >= 0.6 is 46.1 Å². The molecule has 0 fully saturated rings. The first kappa shape index (κ1) is 29.1. The highest BCUT2D eigenvalue weighted by Gasteiger charge is 2.20. The fraction of sp³-hybridized carbons (Fsp3) is 0.0714. The van der Waals surface area contributed by atoms with Crippen LogP contribution in [0, 0.1) is 17.7 Å². The van der Waals surface area contributed by atoms with Crippen LogP contribution in [0.3, 0.4) is 0 Å². The van der Waals surface area contributed by atoms with Crippen molar-refractivity contribution in [2.75, 3.05) is 11.9 Å². The number of aromatic nitrogens is 2. The van der Waals surface area contributed by atoms with Crippen molar-refractivity contribution in [3.8, 4) is 17.6 Å². The molecule has 2 aromatic heterocycles. The third-order valence-electron chi connectivity index (χ3n) is 5.54. The van der Waals surface area contributed by atoms with Gasteiger partial charge in [-0.2, -0.15) is 4.72 Å². The van der Waals surface area contributed by atoms with Gasteiger partial charge in [-0.25, -0.2) is 22.8 Å². The minimum absolute atomic E-state index is 0.0217. The highest BCUT2D eigenvalue weighted by Crippen LogP contribution is 2.34. The Hall–Kier alpha value is -3.43. The minimum atomic E-state index is -3.95. The summed E-state index contributed by atoms with van der Waals surface area (Å²) in [4.78, 5) is 9.12. The van der Waals surface area contributed by atoms with Crippen LogP contribution < -0.4 is 14.8 Å². The Morgan fingerprint density at radius 3 is 2.49 bits per heavy atom. The highest BCUT2D eigenvalue weighted by molar-refractivity contribution is 7.89. The second kappa shape index (κ2) is 12.6. The van der Waals surface area contributed by atoms with Crippen LogP contribution in [-0.4, -0.2) is 24.9 Å². The summed E-state index contributed by atoms with van der Waals surface area (Å²) in [6, 6.07) is 17.6. The molecule has 0 aliphatic heterocycles. The number of sulfonamides is 1. The van der Waals surface area contributed by atoms with Crippen LogP contribution in [0.2, 0.25) is 15.1 Å². The highest BCUT2D eigenvalue weighted by atomic mass is 35.5. The number of nitrogens with zero attached hydrogens (tertiary/aromatic N) is 2. The maximum absolute atomic E-state index is 13.4. The Balaban J connectivity index is 1.26. The van der Waals surface area contributed by atoms with Gasteiger partial charge in [0.2, 0.25) is 10.0 Å². The lowest BCUT2D eigenvalue weighted by Crippen LogP contribution is -2.24. The zero-order chi connectivity index (χ0) is 29.0. The predicted octanol–water partition coefficient (Wildman–Crippen LogP) is 7.44. The monoisotopic (exact) mass is 646 g/mol. The third-order valence-corrected chi connectivity index (χ3v) is 9.24. The molecule has 5 rings (SSSR count). The second-order valence-corrected chi connectivity index (χ2v) is 12.4. The Morgan fingerprint density at radius 2 is 1.73 bits per heavy atom. The molecular formula is C28H18Cl3FN4O3S2. The number of thiophene rings is 1. The van der Waals surface area contributed by atoms with Gasteiger partial charge in [-0.05, 0) is 54.1 Å². The van der Waals surface area contributed by atoms with Crippen molar-refractivity contribution in [3.63, 3.8) is 0 Å². The second-order valence-electron chi connectivity index (χ2n) is 8.41. The fourth-order valence-electron chi connectivity index (χ4n) is 3.70. The first-order valence-electron chi connectivity index (χ1n) is 11.8. The summed E-state index contributed by atoms with van der Waals surface area (Å²) in [6.45, 7) is 0.0199. The molecule has 13 heteroatoms. The van der Waals surface area contributed by atoms with Gasteiger partial charge in [0.25, 0.3) is 0 Å². The van der Waals surface area contributed by atoms with Crippen LogP contribution in [-0.2, 0) is 16.6 Å². The Bertz CT molecular complexity index is 1900. The van der Waals surface area contributed by atoms with Gasteiger partial charge in [-0.15, -0.1) is 11.3 Å². The number of nitrogens with one attached hydrogen (secondary N) is 2. The van der Waals surface area contributed by atoms with Gasteiger partial charge in [0.15, 0.2) is 5.82 Å². The van der Waals surface area contributed by atoms with Gasteiger partial charge in [0, 0.05) is 5.69 Å². The zero-order valence-electron chi connectivity index (χ0n) is 20.8. The standard InChI is InChI=1S/C28H18Cl3FN4O3S2/c29-21-7-2-8-22(30)27(21)41(37,38)35-11-3-6-20-14-24-26(40-20)28(34-16-33-24)36-19-9-10-25(23(31)13-19)39-15-17-4-1-5-18(32)12-17/h1-2,4-5,7-10,12-14,16,35H,11,15H2,(H,33,34,36). The summed E-state index contributed by atoms with van der Waals surface area (Å²) in [5, 5.41) is 3.64. The molecule has 41 heavy (non-hydrogen) atoms. The smallest absolute Gasteiger partial charge is 0.244 e. The molecule has 0 saturated heterocycles. The lowest BCUT2D eigenvalue weighted by molar-refractivity contribution is 0.306. The van der Waals surface area contributed by atoms with E-state index in [0.29, 0.717) is 38.2 Å². The molecular weight excluding hydrogens is 630 g/mol. The lowest BCUT2D eigenvalue weighted by atomic mass is 10.2. The van der Waals surface area contributed by atoms with Crippen LogP contribution in [0.4, 0.5) is 15.9 Å². The van der Waals surface area contributed by atoms with Crippen molar-refractivity contribution in [1.82, 2.24) is 14.7 Å². The lowest BCUT2D eigenvalue weighted by Gasteiger charge is -2.11. The number of anilines is 2. The van der Waals surface area contributed by atoms with Crippen molar-refractivity contribution in [1.29, 1.82) is 0 Å².